The molecule has 3 saturated heterocycles. The van der Waals surface area contributed by atoms with E-state index in [2.05, 4.69) is 4.83 Å². The molecular weight excluding hydrogens is 650 g/mol. The van der Waals surface area contributed by atoms with E-state index in [1.165, 1.54) is 21.0 Å². The number of ketones is 2. The number of carbonyl (C=O) groups is 4. The summed E-state index contributed by atoms with van der Waals surface area (Å²) in [7, 11) is 1.08. The Morgan fingerprint density at radius 1 is 1.04 bits per heavy atom. The standard InChI is InChI=1S/C32H55N3O12S/c1-13-22-32(8)26(35(30(40)47-32)33-48(12,41)42)18(4)23(36)16(2)15-31(7,43-11)27(19(5)24(37)20(6)28(39)45-22)46-29-25(38)21(34(9)10)14-17(3)44-29/h16-22,25-27,29,33,38H,13-15H2,1-12H3/t16-,17-,18+,19+,20-,21+,22-,25-,26-,27-,29+,31-,32-/m1/s1. The van der Waals surface area contributed by atoms with Gasteiger partial charge in [-0.05, 0) is 61.1 Å². The molecule has 3 rings (SSSR count). The number of methoxy groups -OCH3 is 1. The minimum Gasteiger partial charge on any atom is -0.458 e. The summed E-state index contributed by atoms with van der Waals surface area (Å²) in [5.74, 6) is -5.95. The number of hydrazine groups is 1. The molecule has 1 amide bonds. The van der Waals surface area contributed by atoms with Crippen molar-refractivity contribution in [2.75, 3.05) is 27.5 Å². The molecule has 0 radical (unpaired) electrons. The van der Waals surface area contributed by atoms with Crippen LogP contribution in [0.1, 0.15) is 74.7 Å². The first-order valence-corrected chi connectivity index (χ1v) is 18.4. The fraction of sp³-hybridized carbons (Fsp3) is 0.875. The van der Waals surface area contributed by atoms with Gasteiger partial charge in [-0.1, -0.05) is 27.7 Å². The maximum Gasteiger partial charge on any atom is 0.426 e. The highest BCUT2D eigenvalue weighted by atomic mass is 32.2. The van der Waals surface area contributed by atoms with Crippen molar-refractivity contribution in [1.82, 2.24) is 14.7 Å². The normalized spacial score (nSPS) is 42.3. The number of likely N-dealkylation sites (N-methyl/N-ethyl adjacent to an activating group) is 1. The fourth-order valence-corrected chi connectivity index (χ4v) is 8.19. The van der Waals surface area contributed by atoms with Crippen molar-refractivity contribution in [2.24, 2.45) is 23.7 Å². The topological polar surface area (TPSA) is 187 Å². The van der Waals surface area contributed by atoms with Gasteiger partial charge in [0.05, 0.1) is 24.1 Å². The van der Waals surface area contributed by atoms with Crippen molar-refractivity contribution in [3.8, 4) is 0 Å². The molecule has 3 heterocycles. The summed E-state index contributed by atoms with van der Waals surface area (Å²) in [6.07, 6.45) is -4.36. The van der Waals surface area contributed by atoms with E-state index in [1.54, 1.807) is 34.6 Å². The van der Waals surface area contributed by atoms with Crippen molar-refractivity contribution < 1.29 is 56.4 Å². The summed E-state index contributed by atoms with van der Waals surface area (Å²) in [5, 5.41) is 12.1. The maximum atomic E-state index is 14.3. The van der Waals surface area contributed by atoms with Crippen molar-refractivity contribution in [2.45, 2.75) is 129 Å². The van der Waals surface area contributed by atoms with Crippen LogP contribution < -0.4 is 4.83 Å². The molecular formula is C32H55N3O12S. The molecule has 0 aromatic rings. The Bertz CT molecular complexity index is 1330. The molecule has 0 spiro atoms. The number of fused-ring (bicyclic) bond motifs is 1. The van der Waals surface area contributed by atoms with Crippen molar-refractivity contribution in [3.05, 3.63) is 0 Å². The van der Waals surface area contributed by atoms with E-state index in [9.17, 15) is 32.7 Å². The zero-order chi connectivity index (χ0) is 36.7. The lowest BCUT2D eigenvalue weighted by Gasteiger charge is -2.47. The Hall–Kier alpha value is -2.21. The van der Waals surface area contributed by atoms with E-state index in [-0.39, 0.29) is 30.8 Å². The number of rotatable bonds is 7. The Balaban J connectivity index is 2.16. The molecule has 0 bridgehead atoms. The van der Waals surface area contributed by atoms with Crippen LogP contribution in [0.3, 0.4) is 0 Å². The highest BCUT2D eigenvalue weighted by molar-refractivity contribution is 7.88. The summed E-state index contributed by atoms with van der Waals surface area (Å²) in [6.45, 7) is 12.9. The lowest BCUT2D eigenvalue weighted by Crippen LogP contribution is -2.61. The summed E-state index contributed by atoms with van der Waals surface area (Å²) in [6, 6.07) is -1.55. The molecule has 3 aliphatic rings. The smallest absolute Gasteiger partial charge is 0.426 e. The van der Waals surface area contributed by atoms with Gasteiger partial charge in [-0.15, -0.1) is 4.83 Å². The highest BCUT2D eigenvalue weighted by Crippen LogP contribution is 2.42. The van der Waals surface area contributed by atoms with Gasteiger partial charge >= 0.3 is 12.1 Å². The van der Waals surface area contributed by atoms with Crippen LogP contribution in [0.5, 0.6) is 0 Å². The summed E-state index contributed by atoms with van der Waals surface area (Å²) >= 11 is 0. The number of nitrogens with one attached hydrogen (secondary N) is 1. The average molecular weight is 706 g/mol. The quantitative estimate of drug-likeness (QED) is 0.288. The number of nitrogens with zero attached hydrogens (tertiary/aromatic N) is 2. The van der Waals surface area contributed by atoms with Crippen LogP contribution in [0.15, 0.2) is 0 Å². The number of hydrogen-bond acceptors (Lipinski definition) is 13. The average Bonchev–Trinajstić information content (AvgIpc) is 3.24. The minimum atomic E-state index is -4.01. The number of amides is 1. The van der Waals surface area contributed by atoms with Crippen LogP contribution in [-0.4, -0.2) is 129 Å². The van der Waals surface area contributed by atoms with E-state index in [0.717, 1.165) is 11.3 Å². The SMILES string of the molecule is CC[C@H]1OC(=O)[C@H](C)C(=O)[C@H](C)[C@@H](O[C@@H]2O[C@H](C)C[C@H](N(C)C)[C@H]2O)[C@](C)(OC)C[C@@H](C)C(=O)[C@H](C)[C@H]2N(NS(C)(=O)=O)C(=O)O[C@]12C. The molecule has 0 aliphatic carbocycles. The van der Waals surface area contributed by atoms with Gasteiger partial charge in [-0.3, -0.25) is 14.4 Å². The van der Waals surface area contributed by atoms with Crippen LogP contribution in [-0.2, 0) is 48.1 Å². The van der Waals surface area contributed by atoms with E-state index in [1.807, 2.05) is 25.9 Å². The van der Waals surface area contributed by atoms with Crippen molar-refractivity contribution in [1.29, 1.82) is 0 Å². The summed E-state index contributed by atoms with van der Waals surface area (Å²) in [5.41, 5.74) is -3.03. The predicted molar refractivity (Wildman–Crippen MR) is 173 cm³/mol. The molecule has 276 valence electrons. The third-order valence-electron chi connectivity index (χ3n) is 10.3. The Morgan fingerprint density at radius 2 is 1.65 bits per heavy atom. The lowest BCUT2D eigenvalue weighted by atomic mass is 9.73. The van der Waals surface area contributed by atoms with Gasteiger partial charge in [0.25, 0.3) is 0 Å². The highest BCUT2D eigenvalue weighted by Gasteiger charge is 2.61. The van der Waals surface area contributed by atoms with Gasteiger partial charge in [0.2, 0.25) is 10.0 Å². The maximum absolute atomic E-state index is 14.3. The van der Waals surface area contributed by atoms with Crippen molar-refractivity contribution in [3.63, 3.8) is 0 Å². The van der Waals surface area contributed by atoms with E-state index in [0.29, 0.717) is 6.42 Å². The van der Waals surface area contributed by atoms with E-state index in [4.69, 9.17) is 23.7 Å². The molecule has 3 fully saturated rings. The molecule has 0 unspecified atom stereocenters. The Kier molecular flexibility index (Phi) is 12.5. The van der Waals surface area contributed by atoms with Crippen LogP contribution in [0.4, 0.5) is 4.79 Å². The minimum absolute atomic E-state index is 0.0121. The second-order valence-corrected chi connectivity index (χ2v) is 16.1. The molecule has 2 N–H and O–H groups in total. The lowest BCUT2D eigenvalue weighted by molar-refractivity contribution is -0.295. The first kappa shape index (κ1) is 40.2. The third kappa shape index (κ3) is 8.05. The molecule has 3 aliphatic heterocycles. The number of ether oxygens (including phenoxy) is 5. The van der Waals surface area contributed by atoms with E-state index < -0.39 is 93.4 Å². The number of carbonyl (C=O) groups excluding carboxylic acids is 4. The van der Waals surface area contributed by atoms with Gasteiger partial charge in [-0.2, -0.15) is 0 Å². The monoisotopic (exact) mass is 705 g/mol. The van der Waals surface area contributed by atoms with Gasteiger partial charge < -0.3 is 33.7 Å². The number of Topliss-reactive ketones (excluding diaryl/α,β-unsaturated/α-hetero) is 2. The predicted octanol–water partition coefficient (Wildman–Crippen LogP) is 1.65. The molecule has 15 nitrogen and oxygen atoms in total. The van der Waals surface area contributed by atoms with Gasteiger partial charge in [-0.25, -0.2) is 18.2 Å². The van der Waals surface area contributed by atoms with Gasteiger partial charge in [0.15, 0.2) is 17.7 Å². The Morgan fingerprint density at radius 3 is 2.17 bits per heavy atom. The fourth-order valence-electron chi connectivity index (χ4n) is 7.64. The number of hydrogen-bond donors (Lipinski definition) is 2. The first-order valence-electron chi connectivity index (χ1n) is 16.5. The number of esters is 1. The summed E-state index contributed by atoms with van der Waals surface area (Å²) < 4.78 is 54.8. The molecule has 0 saturated carbocycles. The zero-order valence-corrected chi connectivity index (χ0v) is 31.0. The van der Waals surface area contributed by atoms with Crippen LogP contribution in [0.2, 0.25) is 0 Å². The first-order chi connectivity index (χ1) is 22.0. The van der Waals surface area contributed by atoms with Gasteiger partial charge in [0.1, 0.15) is 30.0 Å². The summed E-state index contributed by atoms with van der Waals surface area (Å²) in [4.78, 5) is 59.2. The zero-order valence-electron chi connectivity index (χ0n) is 30.2. The number of aliphatic hydroxyl groups excluding tert-OH is 1. The van der Waals surface area contributed by atoms with Crippen LogP contribution in [0.25, 0.3) is 0 Å². The Labute approximate surface area is 284 Å². The van der Waals surface area contributed by atoms with E-state index >= 15 is 0 Å². The molecule has 48 heavy (non-hydrogen) atoms. The molecule has 0 aromatic heterocycles. The largest absolute Gasteiger partial charge is 0.458 e. The van der Waals surface area contributed by atoms with Crippen LogP contribution >= 0.6 is 0 Å². The second-order valence-electron chi connectivity index (χ2n) is 14.4. The second kappa shape index (κ2) is 15.0. The molecule has 0 aromatic carbocycles. The van der Waals surface area contributed by atoms with Gasteiger partial charge in [0, 0.05) is 30.9 Å². The molecule has 13 atom stereocenters. The third-order valence-corrected chi connectivity index (χ3v) is 10.9. The molecule has 16 heteroatoms. The van der Waals surface area contributed by atoms with Crippen LogP contribution in [0, 0.1) is 23.7 Å². The van der Waals surface area contributed by atoms with Crippen molar-refractivity contribution >= 4 is 33.7 Å². The number of cyclic esters (lactones) is 1. The number of aliphatic hydroxyl groups is 1. The number of sulfonamides is 1.